The lowest BCUT2D eigenvalue weighted by Crippen LogP contribution is -2.11. The van der Waals surface area contributed by atoms with Gasteiger partial charge in [-0.3, -0.25) is 4.99 Å². The van der Waals surface area contributed by atoms with Gasteiger partial charge in [0.2, 0.25) is 0 Å². The third kappa shape index (κ3) is 2.37. The first kappa shape index (κ1) is 10.8. The molecule has 0 saturated carbocycles. The molecule has 3 heteroatoms. The number of rotatable bonds is 3. The zero-order valence-corrected chi connectivity index (χ0v) is 9.29. The summed E-state index contributed by atoms with van der Waals surface area (Å²) in [5.41, 5.74) is 6.81. The minimum absolute atomic E-state index is 0.0902. The van der Waals surface area contributed by atoms with E-state index in [1.165, 1.54) is 0 Å². The average Bonchev–Trinajstić information content (AvgIpc) is 2.45. The van der Waals surface area contributed by atoms with Gasteiger partial charge in [0.15, 0.2) is 0 Å². The standard InChI is InChI=1S/C11H18N2O/c1-5-11(12)13-8(3)10-6-7(2)14-9(10)4/h6,8H,5H2,1-4H3,(H2,12,13). The molecule has 1 aromatic rings. The topological polar surface area (TPSA) is 51.5 Å². The monoisotopic (exact) mass is 194 g/mol. The van der Waals surface area contributed by atoms with Crippen LogP contribution in [0.5, 0.6) is 0 Å². The molecule has 78 valence electrons. The molecular weight excluding hydrogens is 176 g/mol. The van der Waals surface area contributed by atoms with Crippen LogP contribution in [0.2, 0.25) is 0 Å². The molecule has 0 bridgehead atoms. The Bertz CT molecular complexity index is 339. The maximum Gasteiger partial charge on any atom is 0.106 e. The second-order valence-corrected chi connectivity index (χ2v) is 3.52. The van der Waals surface area contributed by atoms with Crippen molar-refractivity contribution in [2.75, 3.05) is 0 Å². The van der Waals surface area contributed by atoms with Crippen LogP contribution in [-0.2, 0) is 0 Å². The molecule has 0 radical (unpaired) electrons. The van der Waals surface area contributed by atoms with Crippen LogP contribution in [-0.4, -0.2) is 5.84 Å². The molecule has 1 rings (SSSR count). The van der Waals surface area contributed by atoms with Crippen LogP contribution in [0.15, 0.2) is 15.5 Å². The summed E-state index contributed by atoms with van der Waals surface area (Å²) in [6, 6.07) is 2.11. The van der Waals surface area contributed by atoms with Gasteiger partial charge >= 0.3 is 0 Å². The van der Waals surface area contributed by atoms with Gasteiger partial charge in [0.25, 0.3) is 0 Å². The van der Waals surface area contributed by atoms with Gasteiger partial charge in [-0.05, 0) is 26.8 Å². The third-order valence-electron chi connectivity index (χ3n) is 2.25. The van der Waals surface area contributed by atoms with Crippen LogP contribution in [0.25, 0.3) is 0 Å². The molecule has 3 nitrogen and oxygen atoms in total. The molecule has 2 N–H and O–H groups in total. The van der Waals surface area contributed by atoms with E-state index in [2.05, 4.69) is 4.99 Å². The van der Waals surface area contributed by atoms with E-state index in [0.29, 0.717) is 5.84 Å². The van der Waals surface area contributed by atoms with E-state index in [1.807, 2.05) is 33.8 Å². The number of hydrogen-bond donors (Lipinski definition) is 1. The molecule has 0 saturated heterocycles. The number of aliphatic imine (C=N–C) groups is 1. The molecule has 0 fully saturated rings. The second-order valence-electron chi connectivity index (χ2n) is 3.52. The van der Waals surface area contributed by atoms with E-state index >= 15 is 0 Å². The highest BCUT2D eigenvalue weighted by Gasteiger charge is 2.11. The van der Waals surface area contributed by atoms with Gasteiger partial charge in [-0.2, -0.15) is 0 Å². The number of hydrogen-bond acceptors (Lipinski definition) is 2. The minimum Gasteiger partial charge on any atom is -0.466 e. The molecule has 14 heavy (non-hydrogen) atoms. The highest BCUT2D eigenvalue weighted by molar-refractivity contribution is 5.80. The third-order valence-corrected chi connectivity index (χ3v) is 2.25. The molecule has 0 aromatic carbocycles. The molecular formula is C11H18N2O. The number of nitrogens with zero attached hydrogens (tertiary/aromatic N) is 1. The first-order chi connectivity index (χ1) is 6.54. The quantitative estimate of drug-likeness (QED) is 0.594. The lowest BCUT2D eigenvalue weighted by molar-refractivity contribution is 0.499. The van der Waals surface area contributed by atoms with Gasteiger partial charge < -0.3 is 10.2 Å². The minimum atomic E-state index is 0.0902. The summed E-state index contributed by atoms with van der Waals surface area (Å²) >= 11 is 0. The maximum atomic E-state index is 5.69. The Morgan fingerprint density at radius 1 is 1.57 bits per heavy atom. The Hall–Kier alpha value is -1.25. The van der Waals surface area contributed by atoms with Crippen LogP contribution in [0.1, 0.15) is 43.4 Å². The highest BCUT2D eigenvalue weighted by Crippen LogP contribution is 2.23. The number of furan rings is 1. The second kappa shape index (κ2) is 4.31. The zero-order valence-electron chi connectivity index (χ0n) is 9.29. The van der Waals surface area contributed by atoms with Crippen molar-refractivity contribution in [1.29, 1.82) is 0 Å². The fourth-order valence-corrected chi connectivity index (χ4v) is 1.47. The van der Waals surface area contributed by atoms with Gasteiger partial charge in [-0.1, -0.05) is 6.92 Å². The normalized spacial score (nSPS) is 14.4. The first-order valence-corrected chi connectivity index (χ1v) is 4.93. The van der Waals surface area contributed by atoms with Gasteiger partial charge in [0.05, 0.1) is 11.9 Å². The fourth-order valence-electron chi connectivity index (χ4n) is 1.47. The molecule has 1 unspecified atom stereocenters. The summed E-state index contributed by atoms with van der Waals surface area (Å²) in [6.07, 6.45) is 0.792. The van der Waals surface area contributed by atoms with E-state index in [-0.39, 0.29) is 6.04 Å². The van der Waals surface area contributed by atoms with Crippen molar-refractivity contribution in [3.05, 3.63) is 23.2 Å². The summed E-state index contributed by atoms with van der Waals surface area (Å²) in [5.74, 6) is 2.55. The van der Waals surface area contributed by atoms with Crippen molar-refractivity contribution in [3.63, 3.8) is 0 Å². The summed E-state index contributed by atoms with van der Waals surface area (Å²) in [4.78, 5) is 4.37. The van der Waals surface area contributed by atoms with E-state index in [9.17, 15) is 0 Å². The van der Waals surface area contributed by atoms with Crippen LogP contribution in [0.3, 0.4) is 0 Å². The Morgan fingerprint density at radius 3 is 2.64 bits per heavy atom. The van der Waals surface area contributed by atoms with Crippen LogP contribution < -0.4 is 5.73 Å². The van der Waals surface area contributed by atoms with Crippen LogP contribution in [0.4, 0.5) is 0 Å². The van der Waals surface area contributed by atoms with Crippen molar-refractivity contribution in [2.45, 2.75) is 40.2 Å². The molecule has 0 aliphatic heterocycles. The molecule has 0 aliphatic rings. The molecule has 0 spiro atoms. The Balaban J connectivity index is 2.89. The largest absolute Gasteiger partial charge is 0.466 e. The smallest absolute Gasteiger partial charge is 0.106 e. The maximum absolute atomic E-state index is 5.69. The van der Waals surface area contributed by atoms with E-state index in [0.717, 1.165) is 23.5 Å². The average molecular weight is 194 g/mol. The SMILES string of the molecule is CCC(N)=NC(C)c1cc(C)oc1C. The van der Waals surface area contributed by atoms with E-state index < -0.39 is 0 Å². The first-order valence-electron chi connectivity index (χ1n) is 4.93. The zero-order chi connectivity index (χ0) is 10.7. The van der Waals surface area contributed by atoms with Crippen LogP contribution in [0, 0.1) is 13.8 Å². The van der Waals surface area contributed by atoms with Crippen molar-refractivity contribution in [3.8, 4) is 0 Å². The molecule has 0 amide bonds. The van der Waals surface area contributed by atoms with Crippen molar-refractivity contribution < 1.29 is 4.42 Å². The number of amidine groups is 1. The van der Waals surface area contributed by atoms with Crippen molar-refractivity contribution >= 4 is 5.84 Å². The van der Waals surface area contributed by atoms with E-state index in [1.54, 1.807) is 0 Å². The lowest BCUT2D eigenvalue weighted by Gasteiger charge is -2.05. The van der Waals surface area contributed by atoms with Gasteiger partial charge in [-0.15, -0.1) is 0 Å². The van der Waals surface area contributed by atoms with Gasteiger partial charge in [0.1, 0.15) is 11.5 Å². The molecule has 1 heterocycles. The Morgan fingerprint density at radius 2 is 2.21 bits per heavy atom. The molecule has 0 aliphatic carbocycles. The number of nitrogens with two attached hydrogens (primary N) is 1. The Labute approximate surface area is 85.0 Å². The predicted octanol–water partition coefficient (Wildman–Crippen LogP) is 2.72. The molecule has 1 aromatic heterocycles. The summed E-state index contributed by atoms with van der Waals surface area (Å²) in [5, 5.41) is 0. The van der Waals surface area contributed by atoms with Crippen molar-refractivity contribution in [2.24, 2.45) is 10.7 Å². The number of aryl methyl sites for hydroxylation is 2. The lowest BCUT2D eigenvalue weighted by atomic mass is 10.1. The fraction of sp³-hybridized carbons (Fsp3) is 0.545. The van der Waals surface area contributed by atoms with Crippen LogP contribution >= 0.6 is 0 Å². The molecule has 1 atom stereocenters. The summed E-state index contributed by atoms with van der Waals surface area (Å²) < 4.78 is 5.44. The van der Waals surface area contributed by atoms with Crippen molar-refractivity contribution in [1.82, 2.24) is 0 Å². The van der Waals surface area contributed by atoms with Gasteiger partial charge in [0, 0.05) is 12.0 Å². The summed E-state index contributed by atoms with van der Waals surface area (Å²) in [6.45, 7) is 7.92. The summed E-state index contributed by atoms with van der Waals surface area (Å²) in [7, 11) is 0. The highest BCUT2D eigenvalue weighted by atomic mass is 16.3. The predicted molar refractivity (Wildman–Crippen MR) is 58.5 cm³/mol. The van der Waals surface area contributed by atoms with Gasteiger partial charge in [-0.25, -0.2) is 0 Å². The van der Waals surface area contributed by atoms with E-state index in [4.69, 9.17) is 10.2 Å². The Kier molecular flexibility index (Phi) is 3.33.